The molecule has 1 aliphatic heterocycles. The van der Waals surface area contributed by atoms with Gasteiger partial charge in [0.05, 0.1) is 12.1 Å². The Hall–Kier alpha value is -1.89. The highest BCUT2D eigenvalue weighted by atomic mass is 32.2. The summed E-state index contributed by atoms with van der Waals surface area (Å²) >= 11 is 1.08. The zero-order valence-electron chi connectivity index (χ0n) is 10.0. The Bertz CT molecular complexity index is 562. The quantitative estimate of drug-likeness (QED) is 0.918. The molecule has 0 spiro atoms. The van der Waals surface area contributed by atoms with Crippen LogP contribution in [0.2, 0.25) is 0 Å². The summed E-state index contributed by atoms with van der Waals surface area (Å²) in [5.41, 5.74) is 0.387. The van der Waals surface area contributed by atoms with Crippen molar-refractivity contribution in [1.29, 1.82) is 0 Å². The van der Waals surface area contributed by atoms with Crippen LogP contribution >= 0.6 is 11.8 Å². The Morgan fingerprint density at radius 3 is 2.95 bits per heavy atom. The predicted molar refractivity (Wildman–Crippen MR) is 69.9 cm³/mol. The number of carboxylic acid groups (broad SMARTS) is 1. The van der Waals surface area contributed by atoms with E-state index < -0.39 is 17.0 Å². The second kappa shape index (κ2) is 5.40. The summed E-state index contributed by atoms with van der Waals surface area (Å²) in [5.74, 6) is -1.75. The van der Waals surface area contributed by atoms with Crippen LogP contribution in [-0.2, 0) is 9.59 Å². The molecule has 1 amide bonds. The van der Waals surface area contributed by atoms with Crippen LogP contribution in [0.25, 0.3) is 0 Å². The van der Waals surface area contributed by atoms with Gasteiger partial charge in [-0.1, -0.05) is 17.8 Å². The third kappa shape index (κ3) is 3.11. The summed E-state index contributed by atoms with van der Waals surface area (Å²) in [5, 5.41) is 8.42. The summed E-state index contributed by atoms with van der Waals surface area (Å²) in [6, 6.07) is 5.67. The number of rotatable bonds is 3. The second-order valence-electron chi connectivity index (χ2n) is 3.98. The van der Waals surface area contributed by atoms with Gasteiger partial charge in [0.15, 0.2) is 5.17 Å². The Kier molecular flexibility index (Phi) is 3.84. The van der Waals surface area contributed by atoms with E-state index in [1.165, 1.54) is 30.1 Å². The molecule has 1 N–H and O–H groups in total. The lowest BCUT2D eigenvalue weighted by molar-refractivity contribution is -0.139. The van der Waals surface area contributed by atoms with Crippen LogP contribution in [0.1, 0.15) is 6.42 Å². The van der Waals surface area contributed by atoms with E-state index in [1.807, 2.05) is 0 Å². The third-order valence-electron chi connectivity index (χ3n) is 2.53. The second-order valence-corrected chi connectivity index (χ2v) is 5.15. The van der Waals surface area contributed by atoms with Crippen molar-refractivity contribution in [3.63, 3.8) is 0 Å². The number of amides is 1. The summed E-state index contributed by atoms with van der Waals surface area (Å²) in [4.78, 5) is 27.9. The number of aliphatic carboxylic acids is 1. The van der Waals surface area contributed by atoms with Gasteiger partial charge in [0.2, 0.25) is 5.91 Å². The van der Waals surface area contributed by atoms with Crippen molar-refractivity contribution in [2.24, 2.45) is 4.99 Å². The fraction of sp³-hybridized carbons (Fsp3) is 0.250. The molecule has 1 fully saturated rings. The molecule has 1 aliphatic rings. The molecule has 19 heavy (non-hydrogen) atoms. The average molecular weight is 282 g/mol. The number of carbonyl (C=O) groups excluding carboxylic acids is 1. The molecular weight excluding hydrogens is 271 g/mol. The molecule has 1 aromatic rings. The Labute approximate surface area is 113 Å². The third-order valence-corrected chi connectivity index (χ3v) is 3.76. The van der Waals surface area contributed by atoms with Crippen molar-refractivity contribution in [1.82, 2.24) is 4.90 Å². The normalized spacial score (nSPS) is 21.2. The van der Waals surface area contributed by atoms with E-state index in [4.69, 9.17) is 5.11 Å². The lowest BCUT2D eigenvalue weighted by Gasteiger charge is -2.08. The van der Waals surface area contributed by atoms with Gasteiger partial charge in [-0.25, -0.2) is 9.38 Å². The summed E-state index contributed by atoms with van der Waals surface area (Å²) in [7, 11) is 1.52. The fourth-order valence-electron chi connectivity index (χ4n) is 1.61. The van der Waals surface area contributed by atoms with Crippen molar-refractivity contribution >= 4 is 34.5 Å². The molecule has 0 aromatic heterocycles. The van der Waals surface area contributed by atoms with E-state index in [1.54, 1.807) is 6.07 Å². The van der Waals surface area contributed by atoms with Crippen LogP contribution in [0.3, 0.4) is 0 Å². The smallest absolute Gasteiger partial charge is 0.305 e. The van der Waals surface area contributed by atoms with E-state index in [9.17, 15) is 14.0 Å². The highest BCUT2D eigenvalue weighted by molar-refractivity contribution is 8.15. The van der Waals surface area contributed by atoms with Crippen molar-refractivity contribution in [3.05, 3.63) is 30.1 Å². The molecule has 2 rings (SSSR count). The van der Waals surface area contributed by atoms with E-state index in [0.717, 1.165) is 11.8 Å². The minimum absolute atomic E-state index is 0.254. The first-order valence-corrected chi connectivity index (χ1v) is 6.35. The first-order chi connectivity index (χ1) is 8.97. The number of thioether (sulfide) groups is 1. The van der Waals surface area contributed by atoms with Gasteiger partial charge in [-0.2, -0.15) is 0 Å². The van der Waals surface area contributed by atoms with Gasteiger partial charge < -0.3 is 5.11 Å². The predicted octanol–water partition coefficient (Wildman–Crippen LogP) is 1.86. The Balaban J connectivity index is 2.22. The molecule has 1 saturated heterocycles. The maximum atomic E-state index is 13.0. The number of nitrogens with zero attached hydrogens (tertiary/aromatic N) is 2. The maximum absolute atomic E-state index is 13.0. The molecular formula is C12H11FN2O3S. The molecule has 100 valence electrons. The molecule has 1 heterocycles. The number of aliphatic imine (C=N–C) groups is 1. The molecule has 7 heteroatoms. The van der Waals surface area contributed by atoms with E-state index in [-0.39, 0.29) is 12.3 Å². The molecule has 5 nitrogen and oxygen atoms in total. The van der Waals surface area contributed by atoms with Gasteiger partial charge in [0, 0.05) is 7.05 Å². The highest BCUT2D eigenvalue weighted by Gasteiger charge is 2.36. The maximum Gasteiger partial charge on any atom is 0.305 e. The van der Waals surface area contributed by atoms with E-state index in [2.05, 4.69) is 4.99 Å². The van der Waals surface area contributed by atoms with Gasteiger partial charge >= 0.3 is 5.97 Å². The topological polar surface area (TPSA) is 70.0 Å². The summed E-state index contributed by atoms with van der Waals surface area (Å²) in [6.07, 6.45) is -0.254. The molecule has 1 atom stereocenters. The molecule has 0 radical (unpaired) electrons. The molecule has 1 unspecified atom stereocenters. The van der Waals surface area contributed by atoms with Gasteiger partial charge in [0.25, 0.3) is 0 Å². The highest BCUT2D eigenvalue weighted by Crippen LogP contribution is 2.30. The van der Waals surface area contributed by atoms with Gasteiger partial charge in [-0.05, 0) is 18.2 Å². The standard InChI is InChI=1S/C12H11FN2O3S/c1-15-11(18)9(6-10(16)17)19-12(15)14-8-4-2-3-7(13)5-8/h2-5,9H,6H2,1H3,(H,16,17). The van der Waals surface area contributed by atoms with Crippen LogP contribution in [0, 0.1) is 5.82 Å². The van der Waals surface area contributed by atoms with Crippen molar-refractivity contribution in [2.45, 2.75) is 11.7 Å². The number of hydrogen-bond acceptors (Lipinski definition) is 4. The molecule has 0 bridgehead atoms. The zero-order valence-corrected chi connectivity index (χ0v) is 10.9. The average Bonchev–Trinajstić information content (AvgIpc) is 2.57. The summed E-state index contributed by atoms with van der Waals surface area (Å²) in [6.45, 7) is 0. The number of halogens is 1. The number of carboxylic acids is 1. The van der Waals surface area contributed by atoms with Crippen molar-refractivity contribution < 1.29 is 19.1 Å². The van der Waals surface area contributed by atoms with Gasteiger partial charge in [0.1, 0.15) is 11.1 Å². The van der Waals surface area contributed by atoms with Crippen molar-refractivity contribution in [3.8, 4) is 0 Å². The number of amidine groups is 1. The van der Waals surface area contributed by atoms with E-state index >= 15 is 0 Å². The molecule has 0 aliphatic carbocycles. The lowest BCUT2D eigenvalue weighted by Crippen LogP contribution is -2.28. The van der Waals surface area contributed by atoms with Gasteiger partial charge in [-0.3, -0.25) is 14.5 Å². The first kappa shape index (κ1) is 13.5. The minimum atomic E-state index is -1.04. The minimum Gasteiger partial charge on any atom is -0.481 e. The zero-order chi connectivity index (χ0) is 14.0. The van der Waals surface area contributed by atoms with Crippen LogP contribution in [0.5, 0.6) is 0 Å². The van der Waals surface area contributed by atoms with Crippen molar-refractivity contribution in [2.75, 3.05) is 7.05 Å². The number of hydrogen-bond donors (Lipinski definition) is 1. The van der Waals surface area contributed by atoms with Crippen LogP contribution in [0.4, 0.5) is 10.1 Å². The number of carbonyl (C=O) groups is 2. The fourth-order valence-corrected chi connectivity index (χ4v) is 2.76. The summed E-state index contributed by atoms with van der Waals surface area (Å²) < 4.78 is 13.0. The Morgan fingerprint density at radius 2 is 2.32 bits per heavy atom. The number of benzene rings is 1. The monoisotopic (exact) mass is 282 g/mol. The Morgan fingerprint density at radius 1 is 1.58 bits per heavy atom. The van der Waals surface area contributed by atoms with Crippen LogP contribution in [0.15, 0.2) is 29.3 Å². The van der Waals surface area contributed by atoms with Crippen LogP contribution in [-0.4, -0.2) is 39.3 Å². The van der Waals surface area contributed by atoms with Crippen LogP contribution < -0.4 is 0 Å². The first-order valence-electron chi connectivity index (χ1n) is 5.47. The molecule has 1 aromatic carbocycles. The van der Waals surface area contributed by atoms with E-state index in [0.29, 0.717) is 10.9 Å². The molecule has 0 saturated carbocycles. The SMILES string of the molecule is CN1C(=O)C(CC(=O)O)SC1=Nc1cccc(F)c1. The largest absolute Gasteiger partial charge is 0.481 e. The van der Waals surface area contributed by atoms with Gasteiger partial charge in [-0.15, -0.1) is 0 Å². The lowest BCUT2D eigenvalue weighted by atomic mass is 10.3.